The Morgan fingerprint density at radius 2 is 1.83 bits per heavy atom. The molecule has 0 saturated carbocycles. The van der Waals surface area contributed by atoms with Crippen LogP contribution in [0.5, 0.6) is 0 Å². The van der Waals surface area contributed by atoms with Gasteiger partial charge < -0.3 is 4.90 Å². The van der Waals surface area contributed by atoms with Crippen LogP contribution >= 0.6 is 0 Å². The first-order valence-electron chi connectivity index (χ1n) is 8.14. The maximum absolute atomic E-state index is 12.4. The fourth-order valence-electron chi connectivity index (χ4n) is 3.22. The highest BCUT2D eigenvalue weighted by atomic mass is 16.2. The molecule has 122 valence electrons. The fourth-order valence-corrected chi connectivity index (χ4v) is 3.22. The van der Waals surface area contributed by atoms with E-state index in [-0.39, 0.29) is 12.5 Å². The average molecular weight is 313 g/mol. The van der Waals surface area contributed by atoms with Crippen LogP contribution in [0, 0.1) is 18.8 Å². The van der Waals surface area contributed by atoms with Crippen molar-refractivity contribution >= 4 is 5.91 Å². The Kier molecular flexibility index (Phi) is 4.41. The first-order valence-corrected chi connectivity index (χ1v) is 8.14. The maximum atomic E-state index is 12.4. The molecule has 3 rings (SSSR count). The van der Waals surface area contributed by atoms with Crippen molar-refractivity contribution in [1.82, 2.24) is 25.1 Å². The number of nitrogens with zero attached hydrogens (tertiary/aromatic N) is 5. The Bertz CT molecular complexity index is 669. The molecule has 0 radical (unpaired) electrons. The zero-order valence-electron chi connectivity index (χ0n) is 13.9. The number of carbonyl (C=O) groups is 1. The minimum absolute atomic E-state index is 0.0660. The van der Waals surface area contributed by atoms with Gasteiger partial charge in [0.15, 0.2) is 0 Å². The summed E-state index contributed by atoms with van der Waals surface area (Å²) < 4.78 is 0. The van der Waals surface area contributed by atoms with E-state index in [1.54, 1.807) is 0 Å². The molecule has 0 aliphatic carbocycles. The van der Waals surface area contributed by atoms with Crippen LogP contribution in [0.1, 0.15) is 25.8 Å². The summed E-state index contributed by atoms with van der Waals surface area (Å²) in [5.41, 5.74) is 2.10. The van der Waals surface area contributed by atoms with Gasteiger partial charge in [0.25, 0.3) is 0 Å². The number of piperidine rings is 1. The molecular weight excluding hydrogens is 290 g/mol. The lowest BCUT2D eigenvalue weighted by Gasteiger charge is -2.34. The Morgan fingerprint density at radius 1 is 1.17 bits per heavy atom. The largest absolute Gasteiger partial charge is 0.340 e. The van der Waals surface area contributed by atoms with Crippen LogP contribution in [-0.4, -0.2) is 44.1 Å². The Hall–Kier alpha value is -2.24. The van der Waals surface area contributed by atoms with Crippen LogP contribution in [0.3, 0.4) is 0 Å². The Labute approximate surface area is 136 Å². The molecule has 2 atom stereocenters. The molecule has 6 heteroatoms. The minimum Gasteiger partial charge on any atom is -0.340 e. The molecule has 1 aliphatic rings. The molecule has 1 aromatic heterocycles. The Morgan fingerprint density at radius 3 is 2.48 bits per heavy atom. The van der Waals surface area contributed by atoms with Gasteiger partial charge in [-0.1, -0.05) is 43.7 Å². The summed E-state index contributed by atoms with van der Waals surface area (Å²) in [6.07, 6.45) is 1.18. The molecule has 2 aromatic rings. The SMILES string of the molecule is Cc1ccc(-c2nnn(CC(=O)N3C[C@@H](C)C[C@H](C)C3)n2)cc1. The van der Waals surface area contributed by atoms with Crippen LogP contribution < -0.4 is 0 Å². The van der Waals surface area contributed by atoms with Crippen molar-refractivity contribution in [3.8, 4) is 11.4 Å². The van der Waals surface area contributed by atoms with Crippen molar-refractivity contribution in [2.45, 2.75) is 33.7 Å². The molecule has 0 spiro atoms. The van der Waals surface area contributed by atoms with Crippen LogP contribution in [0.15, 0.2) is 24.3 Å². The molecule has 1 fully saturated rings. The first kappa shape index (κ1) is 15.6. The lowest BCUT2D eigenvalue weighted by Crippen LogP contribution is -2.44. The highest BCUT2D eigenvalue weighted by Crippen LogP contribution is 2.21. The van der Waals surface area contributed by atoms with Gasteiger partial charge in [-0.25, -0.2) is 0 Å². The number of benzene rings is 1. The monoisotopic (exact) mass is 313 g/mol. The summed E-state index contributed by atoms with van der Waals surface area (Å²) in [6.45, 7) is 8.22. The van der Waals surface area contributed by atoms with Crippen molar-refractivity contribution in [2.75, 3.05) is 13.1 Å². The topological polar surface area (TPSA) is 63.9 Å². The highest BCUT2D eigenvalue weighted by Gasteiger charge is 2.25. The number of rotatable bonds is 3. The van der Waals surface area contributed by atoms with E-state index in [9.17, 15) is 4.79 Å². The summed E-state index contributed by atoms with van der Waals surface area (Å²) >= 11 is 0. The van der Waals surface area contributed by atoms with Gasteiger partial charge in [0.2, 0.25) is 11.7 Å². The molecule has 1 aliphatic heterocycles. The van der Waals surface area contributed by atoms with Gasteiger partial charge in [0.1, 0.15) is 6.54 Å². The van der Waals surface area contributed by atoms with Crippen LogP contribution in [0.25, 0.3) is 11.4 Å². The second-order valence-corrected chi connectivity index (χ2v) is 6.75. The van der Waals surface area contributed by atoms with Crippen LogP contribution in [-0.2, 0) is 11.3 Å². The predicted octanol–water partition coefficient (Wildman–Crippen LogP) is 2.15. The fraction of sp³-hybridized carbons (Fsp3) is 0.529. The molecule has 1 amide bonds. The molecule has 6 nitrogen and oxygen atoms in total. The number of tetrazole rings is 1. The van der Waals surface area contributed by atoms with Crippen molar-refractivity contribution in [2.24, 2.45) is 11.8 Å². The average Bonchev–Trinajstić information content (AvgIpc) is 2.95. The smallest absolute Gasteiger partial charge is 0.246 e. The van der Waals surface area contributed by atoms with Gasteiger partial charge >= 0.3 is 0 Å². The number of hydrogen-bond acceptors (Lipinski definition) is 4. The summed E-state index contributed by atoms with van der Waals surface area (Å²) in [4.78, 5) is 15.8. The van der Waals surface area contributed by atoms with Gasteiger partial charge in [0, 0.05) is 18.7 Å². The van der Waals surface area contributed by atoms with Gasteiger partial charge in [-0.05, 0) is 30.4 Å². The number of aromatic nitrogens is 4. The second-order valence-electron chi connectivity index (χ2n) is 6.75. The molecule has 0 bridgehead atoms. The lowest BCUT2D eigenvalue weighted by atomic mass is 9.92. The van der Waals surface area contributed by atoms with E-state index in [2.05, 4.69) is 29.3 Å². The van der Waals surface area contributed by atoms with Crippen molar-refractivity contribution in [1.29, 1.82) is 0 Å². The second kappa shape index (κ2) is 6.48. The lowest BCUT2D eigenvalue weighted by molar-refractivity contribution is -0.135. The first-order chi connectivity index (χ1) is 11.0. The van der Waals surface area contributed by atoms with E-state index in [1.165, 1.54) is 16.8 Å². The van der Waals surface area contributed by atoms with Gasteiger partial charge in [0.05, 0.1) is 0 Å². The van der Waals surface area contributed by atoms with Crippen molar-refractivity contribution < 1.29 is 4.79 Å². The zero-order valence-corrected chi connectivity index (χ0v) is 13.9. The van der Waals surface area contributed by atoms with E-state index < -0.39 is 0 Å². The van der Waals surface area contributed by atoms with E-state index >= 15 is 0 Å². The van der Waals surface area contributed by atoms with E-state index in [4.69, 9.17) is 0 Å². The molecule has 23 heavy (non-hydrogen) atoms. The third-order valence-corrected chi connectivity index (χ3v) is 4.26. The molecule has 2 heterocycles. The number of aryl methyl sites for hydroxylation is 1. The quantitative estimate of drug-likeness (QED) is 0.871. The summed E-state index contributed by atoms with van der Waals surface area (Å²) in [5.74, 6) is 1.72. The zero-order chi connectivity index (χ0) is 16.4. The van der Waals surface area contributed by atoms with E-state index in [0.29, 0.717) is 17.7 Å². The Balaban J connectivity index is 1.66. The molecule has 0 N–H and O–H groups in total. The third-order valence-electron chi connectivity index (χ3n) is 4.26. The highest BCUT2D eigenvalue weighted by molar-refractivity contribution is 5.76. The minimum atomic E-state index is 0.0660. The standard InChI is InChI=1S/C17H23N5O/c1-12-4-6-15(7-5-12)17-18-20-22(19-17)11-16(23)21-9-13(2)8-14(3)10-21/h4-7,13-14H,8-11H2,1-3H3/t13-,14-/m0/s1. The van der Waals surface area contributed by atoms with E-state index in [1.807, 2.05) is 36.1 Å². The van der Waals surface area contributed by atoms with Crippen molar-refractivity contribution in [3.63, 3.8) is 0 Å². The number of likely N-dealkylation sites (tertiary alicyclic amines) is 1. The number of amides is 1. The molecule has 1 saturated heterocycles. The summed E-state index contributed by atoms with van der Waals surface area (Å²) in [7, 11) is 0. The maximum Gasteiger partial charge on any atom is 0.246 e. The third kappa shape index (κ3) is 3.75. The number of hydrogen-bond donors (Lipinski definition) is 0. The predicted molar refractivity (Wildman–Crippen MR) is 87.5 cm³/mol. The molecule has 0 unspecified atom stereocenters. The van der Waals surface area contributed by atoms with Crippen molar-refractivity contribution in [3.05, 3.63) is 29.8 Å². The molecule has 1 aromatic carbocycles. The molecular formula is C17H23N5O. The number of carbonyl (C=O) groups excluding carboxylic acids is 1. The van der Waals surface area contributed by atoms with Gasteiger partial charge in [-0.15, -0.1) is 10.2 Å². The van der Waals surface area contributed by atoms with Crippen LogP contribution in [0.4, 0.5) is 0 Å². The van der Waals surface area contributed by atoms with E-state index in [0.717, 1.165) is 18.7 Å². The van der Waals surface area contributed by atoms with Gasteiger partial charge in [-0.2, -0.15) is 4.80 Å². The summed E-state index contributed by atoms with van der Waals surface area (Å²) in [5, 5.41) is 12.4. The summed E-state index contributed by atoms with van der Waals surface area (Å²) in [6, 6.07) is 7.95. The normalized spacial score (nSPS) is 21.4. The van der Waals surface area contributed by atoms with Gasteiger partial charge in [-0.3, -0.25) is 4.79 Å². The van der Waals surface area contributed by atoms with Crippen LogP contribution in [0.2, 0.25) is 0 Å².